The number of hydrogen-bond donors (Lipinski definition) is 0. The Morgan fingerprint density at radius 2 is 1.95 bits per heavy atom. The summed E-state index contributed by atoms with van der Waals surface area (Å²) in [5, 5.41) is 0.612. The van der Waals surface area contributed by atoms with Crippen molar-refractivity contribution in [3.63, 3.8) is 0 Å². The average Bonchev–Trinajstić information content (AvgIpc) is 2.32. The van der Waals surface area contributed by atoms with E-state index in [1.54, 1.807) is 18.2 Å². The molecule has 7 heteroatoms. The summed E-state index contributed by atoms with van der Waals surface area (Å²) in [5.74, 6) is 0.868. The van der Waals surface area contributed by atoms with Gasteiger partial charge in [0.1, 0.15) is 10.6 Å². The summed E-state index contributed by atoms with van der Waals surface area (Å²) in [6.45, 7) is 1.85. The van der Waals surface area contributed by atoms with Crippen molar-refractivity contribution in [3.8, 4) is 11.6 Å². The van der Waals surface area contributed by atoms with Gasteiger partial charge in [0.25, 0.3) is 9.05 Å². The molecule has 0 aliphatic heterocycles. The minimum Gasteiger partial charge on any atom is -0.439 e. The second-order valence-corrected chi connectivity index (χ2v) is 6.78. The zero-order valence-corrected chi connectivity index (χ0v) is 12.1. The molecule has 0 unspecified atom stereocenters. The van der Waals surface area contributed by atoms with Crippen molar-refractivity contribution in [1.82, 2.24) is 4.98 Å². The Hall–Kier alpha value is -1.30. The molecule has 0 amide bonds. The summed E-state index contributed by atoms with van der Waals surface area (Å²) >= 11 is 5.84. The molecule has 1 aromatic heterocycles. The number of halogens is 2. The third-order valence-corrected chi connectivity index (χ3v) is 3.92. The van der Waals surface area contributed by atoms with E-state index in [4.69, 9.17) is 27.0 Å². The zero-order valence-electron chi connectivity index (χ0n) is 9.80. The molecule has 0 radical (unpaired) electrons. The normalized spacial score (nSPS) is 11.3. The minimum absolute atomic E-state index is 0.0747. The summed E-state index contributed by atoms with van der Waals surface area (Å²) in [5.41, 5.74) is 0.850. The van der Waals surface area contributed by atoms with Crippen LogP contribution in [0.25, 0.3) is 0 Å². The maximum absolute atomic E-state index is 11.1. The molecule has 1 aromatic carbocycles. The largest absolute Gasteiger partial charge is 0.439 e. The van der Waals surface area contributed by atoms with Crippen LogP contribution < -0.4 is 4.74 Å². The van der Waals surface area contributed by atoms with E-state index in [-0.39, 0.29) is 10.8 Å². The highest BCUT2D eigenvalue weighted by atomic mass is 35.7. The fourth-order valence-corrected chi connectivity index (χ4v) is 2.32. The molecule has 0 atom stereocenters. The van der Waals surface area contributed by atoms with Crippen LogP contribution in [0.15, 0.2) is 41.4 Å². The fourth-order valence-electron chi connectivity index (χ4n) is 1.41. The Morgan fingerprint density at radius 3 is 2.47 bits per heavy atom. The Kier molecular flexibility index (Phi) is 3.99. The molecule has 0 aliphatic rings. The van der Waals surface area contributed by atoms with E-state index in [2.05, 4.69) is 4.98 Å². The quantitative estimate of drug-likeness (QED) is 0.809. The SMILES string of the molecule is Cc1cc(Cl)ccc1Oc1ccc(S(=O)(=O)Cl)cn1. The number of benzene rings is 1. The van der Waals surface area contributed by atoms with Crippen molar-refractivity contribution in [2.75, 3.05) is 0 Å². The second-order valence-electron chi connectivity index (χ2n) is 3.78. The van der Waals surface area contributed by atoms with Crippen molar-refractivity contribution >= 4 is 31.3 Å². The number of nitrogens with zero attached hydrogens (tertiary/aromatic N) is 1. The number of rotatable bonds is 3. The minimum atomic E-state index is -3.77. The Morgan fingerprint density at radius 1 is 1.21 bits per heavy atom. The second kappa shape index (κ2) is 5.36. The van der Waals surface area contributed by atoms with Gasteiger partial charge in [-0.1, -0.05) is 11.6 Å². The van der Waals surface area contributed by atoms with Crippen molar-refractivity contribution < 1.29 is 13.2 Å². The van der Waals surface area contributed by atoms with Crippen molar-refractivity contribution in [3.05, 3.63) is 47.1 Å². The molecule has 2 rings (SSSR count). The molecular formula is C12H9Cl2NO3S. The van der Waals surface area contributed by atoms with E-state index >= 15 is 0 Å². The van der Waals surface area contributed by atoms with E-state index in [9.17, 15) is 8.42 Å². The lowest BCUT2D eigenvalue weighted by molar-refractivity contribution is 0.458. The first-order valence-corrected chi connectivity index (χ1v) is 7.90. The van der Waals surface area contributed by atoms with Gasteiger partial charge in [0.2, 0.25) is 5.88 Å². The summed E-state index contributed by atoms with van der Waals surface area (Å²) in [4.78, 5) is 3.81. The molecule has 1 heterocycles. The molecule has 0 saturated carbocycles. The van der Waals surface area contributed by atoms with Gasteiger partial charge in [-0.25, -0.2) is 13.4 Å². The predicted octanol–water partition coefficient (Wildman–Crippen LogP) is 3.76. The van der Waals surface area contributed by atoms with Crippen LogP contribution in [0, 0.1) is 6.92 Å². The van der Waals surface area contributed by atoms with Gasteiger partial charge in [0.05, 0.1) is 6.20 Å². The van der Waals surface area contributed by atoms with Crippen molar-refractivity contribution in [2.45, 2.75) is 11.8 Å². The molecule has 0 aliphatic carbocycles. The van der Waals surface area contributed by atoms with Crippen molar-refractivity contribution in [2.24, 2.45) is 0 Å². The first kappa shape index (κ1) is 14.1. The third-order valence-electron chi connectivity index (χ3n) is 2.34. The van der Waals surface area contributed by atoms with Crippen LogP contribution in [0.1, 0.15) is 5.56 Å². The van der Waals surface area contributed by atoms with Gasteiger partial charge in [-0.2, -0.15) is 0 Å². The molecule has 2 aromatic rings. The van der Waals surface area contributed by atoms with E-state index < -0.39 is 9.05 Å². The fraction of sp³-hybridized carbons (Fsp3) is 0.0833. The van der Waals surface area contributed by atoms with Crippen molar-refractivity contribution in [1.29, 1.82) is 0 Å². The van der Waals surface area contributed by atoms with Gasteiger partial charge in [-0.3, -0.25) is 0 Å². The topological polar surface area (TPSA) is 56.3 Å². The van der Waals surface area contributed by atoms with E-state index in [0.717, 1.165) is 11.8 Å². The number of hydrogen-bond acceptors (Lipinski definition) is 4. The molecular weight excluding hydrogens is 309 g/mol. The first-order chi connectivity index (χ1) is 8.86. The predicted molar refractivity (Wildman–Crippen MR) is 73.5 cm³/mol. The third kappa shape index (κ3) is 3.59. The average molecular weight is 318 g/mol. The zero-order chi connectivity index (χ0) is 14.0. The van der Waals surface area contributed by atoms with Crippen LogP contribution in [0.4, 0.5) is 0 Å². The van der Waals surface area contributed by atoms with Gasteiger partial charge < -0.3 is 4.74 Å². The summed E-state index contributed by atoms with van der Waals surface area (Å²) < 4.78 is 27.7. The molecule has 0 bridgehead atoms. The highest BCUT2D eigenvalue weighted by Gasteiger charge is 2.11. The van der Waals surface area contributed by atoms with Crippen LogP contribution >= 0.6 is 22.3 Å². The van der Waals surface area contributed by atoms with Gasteiger partial charge in [0.15, 0.2) is 0 Å². The maximum Gasteiger partial charge on any atom is 0.262 e. The summed E-state index contributed by atoms with van der Waals surface area (Å²) in [7, 11) is 1.42. The molecule has 0 fully saturated rings. The molecule has 100 valence electrons. The lowest BCUT2D eigenvalue weighted by Gasteiger charge is -2.08. The lowest BCUT2D eigenvalue weighted by atomic mass is 10.2. The molecule has 0 spiro atoms. The van der Waals surface area contributed by atoms with Crippen LogP contribution in [0.3, 0.4) is 0 Å². The van der Waals surface area contributed by atoms with Crippen LogP contribution in [0.2, 0.25) is 5.02 Å². The number of aryl methyl sites for hydroxylation is 1. The summed E-state index contributed by atoms with van der Waals surface area (Å²) in [6, 6.07) is 7.93. The number of pyridine rings is 1. The van der Waals surface area contributed by atoms with E-state index in [1.807, 2.05) is 6.92 Å². The number of ether oxygens (including phenoxy) is 1. The smallest absolute Gasteiger partial charge is 0.262 e. The first-order valence-electron chi connectivity index (χ1n) is 5.21. The molecule has 0 N–H and O–H groups in total. The molecule has 4 nitrogen and oxygen atoms in total. The standard InChI is InChI=1S/C12H9Cl2NO3S/c1-8-6-9(13)2-4-11(8)18-12-5-3-10(7-15-12)19(14,16)17/h2-7H,1H3. The Bertz CT molecular complexity index is 699. The Balaban J connectivity index is 2.25. The monoisotopic (exact) mass is 317 g/mol. The van der Waals surface area contributed by atoms with Gasteiger partial charge in [-0.15, -0.1) is 0 Å². The van der Waals surface area contributed by atoms with Gasteiger partial charge in [-0.05, 0) is 36.8 Å². The highest BCUT2D eigenvalue weighted by molar-refractivity contribution is 8.13. The summed E-state index contributed by atoms with van der Waals surface area (Å²) in [6.07, 6.45) is 1.14. The molecule has 19 heavy (non-hydrogen) atoms. The van der Waals surface area contributed by atoms with Crippen LogP contribution in [-0.2, 0) is 9.05 Å². The molecule has 0 saturated heterocycles. The lowest BCUT2D eigenvalue weighted by Crippen LogP contribution is -1.94. The van der Waals surface area contributed by atoms with Gasteiger partial charge >= 0.3 is 0 Å². The highest BCUT2D eigenvalue weighted by Crippen LogP contribution is 2.26. The van der Waals surface area contributed by atoms with Crippen LogP contribution in [-0.4, -0.2) is 13.4 Å². The van der Waals surface area contributed by atoms with E-state index in [0.29, 0.717) is 10.8 Å². The van der Waals surface area contributed by atoms with Crippen LogP contribution in [0.5, 0.6) is 11.6 Å². The number of aromatic nitrogens is 1. The van der Waals surface area contributed by atoms with Gasteiger partial charge in [0, 0.05) is 21.8 Å². The maximum atomic E-state index is 11.1. The Labute approximate surface area is 120 Å². The van der Waals surface area contributed by atoms with E-state index in [1.165, 1.54) is 12.1 Å².